The Bertz CT molecular complexity index is 976. The fourth-order valence-corrected chi connectivity index (χ4v) is 2.47. The van der Waals surface area contributed by atoms with Crippen molar-refractivity contribution in [3.63, 3.8) is 0 Å². The second-order valence-corrected chi connectivity index (χ2v) is 5.57. The van der Waals surface area contributed by atoms with Crippen LogP contribution in [0.3, 0.4) is 0 Å². The summed E-state index contributed by atoms with van der Waals surface area (Å²) in [6.07, 6.45) is 3.78. The van der Waals surface area contributed by atoms with E-state index in [0.29, 0.717) is 17.8 Å². The Morgan fingerprint density at radius 3 is 2.38 bits per heavy atom. The molecule has 2 aromatic heterocycles. The molecule has 0 aliphatic rings. The molecule has 2 aromatic carbocycles. The third-order valence-corrected chi connectivity index (χ3v) is 3.81. The number of carbonyl (C=O) groups excluding carboxylic acids is 1. The van der Waals surface area contributed by atoms with Crippen LogP contribution >= 0.6 is 0 Å². The zero-order chi connectivity index (χ0) is 17.8. The number of nitrogens with one attached hydrogen (secondary N) is 2. The lowest BCUT2D eigenvalue weighted by Gasteiger charge is -2.07. The highest BCUT2D eigenvalue weighted by molar-refractivity contribution is 6.04. The van der Waals surface area contributed by atoms with Gasteiger partial charge in [-0.15, -0.1) is 20.4 Å². The summed E-state index contributed by atoms with van der Waals surface area (Å²) in [5, 5.41) is 24.2. The summed E-state index contributed by atoms with van der Waals surface area (Å²) in [6.45, 7) is 0. The van der Waals surface area contributed by atoms with Gasteiger partial charge in [0.25, 0.3) is 5.91 Å². The molecule has 0 atom stereocenters. The van der Waals surface area contributed by atoms with Crippen molar-refractivity contribution in [1.29, 1.82) is 0 Å². The third kappa shape index (κ3) is 3.46. The Morgan fingerprint density at radius 1 is 1.00 bits per heavy atom. The largest absolute Gasteiger partial charge is 0.322 e. The van der Waals surface area contributed by atoms with Crippen molar-refractivity contribution >= 4 is 11.6 Å². The summed E-state index contributed by atoms with van der Waals surface area (Å²) in [4.78, 5) is 12.4. The Morgan fingerprint density at radius 2 is 1.73 bits per heavy atom. The Labute approximate surface area is 148 Å². The van der Waals surface area contributed by atoms with Crippen LogP contribution in [0.25, 0.3) is 5.69 Å². The molecule has 26 heavy (non-hydrogen) atoms. The van der Waals surface area contributed by atoms with Gasteiger partial charge in [0.2, 0.25) is 0 Å². The first kappa shape index (κ1) is 15.6. The van der Waals surface area contributed by atoms with Crippen molar-refractivity contribution in [2.45, 2.75) is 6.42 Å². The number of amides is 1. The molecule has 1 amide bonds. The Kier molecular flexibility index (Phi) is 4.17. The van der Waals surface area contributed by atoms with Gasteiger partial charge in [0.15, 0.2) is 5.82 Å². The van der Waals surface area contributed by atoms with Crippen molar-refractivity contribution in [3.05, 3.63) is 78.1 Å². The van der Waals surface area contributed by atoms with Crippen LogP contribution in [0.1, 0.15) is 21.7 Å². The quantitative estimate of drug-likeness (QED) is 0.567. The topological polar surface area (TPSA) is 114 Å². The lowest BCUT2D eigenvalue weighted by Crippen LogP contribution is -2.11. The van der Waals surface area contributed by atoms with Crippen LogP contribution in [0.4, 0.5) is 5.69 Å². The molecule has 9 heteroatoms. The number of carbonyl (C=O) groups is 1. The molecule has 0 aliphatic heterocycles. The van der Waals surface area contributed by atoms with E-state index in [0.717, 1.165) is 16.9 Å². The van der Waals surface area contributed by atoms with E-state index in [4.69, 9.17) is 0 Å². The van der Waals surface area contributed by atoms with Gasteiger partial charge in [-0.2, -0.15) is 5.21 Å². The number of hydrogen-bond acceptors (Lipinski definition) is 6. The van der Waals surface area contributed by atoms with E-state index in [2.05, 4.69) is 36.1 Å². The van der Waals surface area contributed by atoms with Crippen molar-refractivity contribution in [1.82, 2.24) is 35.4 Å². The lowest BCUT2D eigenvalue weighted by molar-refractivity contribution is 0.102. The molecule has 0 radical (unpaired) electrons. The summed E-state index contributed by atoms with van der Waals surface area (Å²) >= 11 is 0. The van der Waals surface area contributed by atoms with Crippen molar-refractivity contribution in [2.24, 2.45) is 0 Å². The molecular formula is C17H14N8O. The van der Waals surface area contributed by atoms with Crippen LogP contribution in [0.5, 0.6) is 0 Å². The molecule has 128 valence electrons. The molecule has 0 spiro atoms. The average Bonchev–Trinajstić information content (AvgIpc) is 3.37. The molecule has 4 aromatic rings. The minimum Gasteiger partial charge on any atom is -0.322 e. The van der Waals surface area contributed by atoms with Gasteiger partial charge < -0.3 is 5.32 Å². The molecule has 2 heterocycles. The van der Waals surface area contributed by atoms with Crippen LogP contribution in [-0.4, -0.2) is 41.3 Å². The number of H-pyrrole nitrogens is 1. The van der Waals surface area contributed by atoms with E-state index in [9.17, 15) is 4.79 Å². The molecule has 0 bridgehead atoms. The number of nitrogens with zero attached hydrogens (tertiary/aromatic N) is 6. The summed E-state index contributed by atoms with van der Waals surface area (Å²) in [7, 11) is 0. The van der Waals surface area contributed by atoms with Crippen molar-refractivity contribution in [3.8, 4) is 5.69 Å². The van der Waals surface area contributed by atoms with E-state index < -0.39 is 0 Å². The number of benzene rings is 2. The molecule has 0 saturated heterocycles. The maximum atomic E-state index is 12.4. The second-order valence-electron chi connectivity index (χ2n) is 5.57. The maximum absolute atomic E-state index is 12.4. The molecule has 4 rings (SSSR count). The summed E-state index contributed by atoms with van der Waals surface area (Å²) < 4.78 is 1.77. The molecule has 0 saturated carbocycles. The molecular weight excluding hydrogens is 332 g/mol. The van der Waals surface area contributed by atoms with Gasteiger partial charge in [-0.1, -0.05) is 17.3 Å². The van der Waals surface area contributed by atoms with E-state index in [1.165, 1.54) is 0 Å². The van der Waals surface area contributed by atoms with Crippen molar-refractivity contribution in [2.75, 3.05) is 5.32 Å². The Hall–Kier alpha value is -3.88. The van der Waals surface area contributed by atoms with Gasteiger partial charge in [0, 0.05) is 23.4 Å². The average molecular weight is 346 g/mol. The molecule has 0 fully saturated rings. The number of aromatic amines is 1. The zero-order valence-electron chi connectivity index (χ0n) is 13.6. The van der Waals surface area contributed by atoms with Gasteiger partial charge in [0.05, 0.1) is 0 Å². The highest BCUT2D eigenvalue weighted by Crippen LogP contribution is 2.14. The standard InChI is InChI=1S/C17H14N8O/c26-17(13-3-7-15(8-4-13)25-10-18-19-11-25)20-14-5-1-12(2-6-14)9-16-21-23-24-22-16/h1-8,10-11H,9H2,(H,20,26)(H,21,22,23,24). The van der Waals surface area contributed by atoms with Crippen LogP contribution in [0.15, 0.2) is 61.2 Å². The van der Waals surface area contributed by atoms with Gasteiger partial charge in [0.1, 0.15) is 12.7 Å². The molecule has 2 N–H and O–H groups in total. The number of hydrogen-bond donors (Lipinski definition) is 2. The summed E-state index contributed by atoms with van der Waals surface area (Å²) in [5.74, 6) is 0.446. The predicted molar refractivity (Wildman–Crippen MR) is 92.7 cm³/mol. The maximum Gasteiger partial charge on any atom is 0.255 e. The van der Waals surface area contributed by atoms with Crippen molar-refractivity contribution < 1.29 is 4.79 Å². The van der Waals surface area contributed by atoms with Crippen LogP contribution in [0.2, 0.25) is 0 Å². The van der Waals surface area contributed by atoms with Crippen LogP contribution in [-0.2, 0) is 6.42 Å². The predicted octanol–water partition coefficient (Wildman–Crippen LogP) is 1.62. The molecule has 0 unspecified atom stereocenters. The van der Waals surface area contributed by atoms with E-state index in [-0.39, 0.29) is 5.91 Å². The number of aromatic nitrogens is 7. The lowest BCUT2D eigenvalue weighted by atomic mass is 10.1. The number of rotatable bonds is 5. The zero-order valence-corrected chi connectivity index (χ0v) is 13.6. The molecule has 9 nitrogen and oxygen atoms in total. The monoisotopic (exact) mass is 346 g/mol. The highest BCUT2D eigenvalue weighted by Gasteiger charge is 2.07. The van der Waals surface area contributed by atoms with Gasteiger partial charge in [-0.3, -0.25) is 9.36 Å². The fraction of sp³-hybridized carbons (Fsp3) is 0.0588. The highest BCUT2D eigenvalue weighted by atomic mass is 16.1. The number of anilines is 1. The first-order chi connectivity index (χ1) is 12.8. The van der Waals surface area contributed by atoms with E-state index in [1.807, 2.05) is 36.4 Å². The summed E-state index contributed by atoms with van der Waals surface area (Å²) in [6, 6.07) is 14.7. The van der Waals surface area contributed by atoms with Gasteiger partial charge in [-0.05, 0) is 42.0 Å². The van der Waals surface area contributed by atoms with Gasteiger partial charge in [-0.25, -0.2) is 0 Å². The SMILES string of the molecule is O=C(Nc1ccc(Cc2nn[nH]n2)cc1)c1ccc(-n2cnnc2)cc1. The second kappa shape index (κ2) is 6.93. The van der Waals surface area contributed by atoms with E-state index in [1.54, 1.807) is 29.4 Å². The smallest absolute Gasteiger partial charge is 0.255 e. The molecule has 0 aliphatic carbocycles. The van der Waals surface area contributed by atoms with Crippen LogP contribution < -0.4 is 5.32 Å². The third-order valence-electron chi connectivity index (χ3n) is 3.81. The first-order valence-corrected chi connectivity index (χ1v) is 7.85. The first-order valence-electron chi connectivity index (χ1n) is 7.85. The van der Waals surface area contributed by atoms with Gasteiger partial charge >= 0.3 is 0 Å². The normalized spacial score (nSPS) is 10.6. The fourth-order valence-electron chi connectivity index (χ4n) is 2.47. The summed E-state index contributed by atoms with van der Waals surface area (Å²) in [5.41, 5.74) is 3.20. The Balaban J connectivity index is 1.41. The minimum absolute atomic E-state index is 0.175. The number of tetrazole rings is 1. The van der Waals surface area contributed by atoms with Crippen LogP contribution in [0, 0.1) is 0 Å². The van der Waals surface area contributed by atoms with E-state index >= 15 is 0 Å². The minimum atomic E-state index is -0.175.